The smallest absolute Gasteiger partial charge is 0.238 e. The minimum Gasteiger partial charge on any atom is -0.238 e. The molecule has 0 N–H and O–H groups in total. The lowest BCUT2D eigenvalue weighted by Crippen LogP contribution is -2.60. The fourth-order valence-electron chi connectivity index (χ4n) is 0.807. The Morgan fingerprint density at radius 1 is 1.64 bits per heavy atom. The van der Waals surface area contributed by atoms with Gasteiger partial charge in [0.25, 0.3) is 0 Å². The number of aromatic nitrogens is 1. The molecule has 0 fully saturated rings. The molecule has 3 nitrogen and oxygen atoms in total. The van der Waals surface area contributed by atoms with Gasteiger partial charge in [-0.2, -0.15) is 0 Å². The molecular weight excluding hydrogens is 158 g/mol. The van der Waals surface area contributed by atoms with Crippen molar-refractivity contribution in [2.75, 3.05) is 0 Å². The van der Waals surface area contributed by atoms with Gasteiger partial charge in [0.05, 0.1) is 0 Å². The molecule has 0 saturated heterocycles. The molecule has 0 saturated carbocycles. The first-order chi connectivity index (χ1) is 5.09. The molecule has 1 heterocycles. The Balaban J connectivity index is 2.78. The molecule has 0 aliphatic heterocycles. The van der Waals surface area contributed by atoms with Gasteiger partial charge in [-0.15, -0.1) is 6.58 Å². The number of rotatable bonds is 3. The summed E-state index contributed by atoms with van der Waals surface area (Å²) in [6, 6.07) is 0. The fraction of sp³-hybridized carbons (Fsp3) is 0.714. The molecular formula is C7H14NO2Si+. The van der Waals surface area contributed by atoms with Crippen molar-refractivity contribution in [1.82, 2.24) is 0 Å². The molecule has 0 radical (unpaired) electrons. The monoisotopic (exact) mass is 172 g/mol. The summed E-state index contributed by atoms with van der Waals surface area (Å²) in [5.74, 6) is 0.402. The summed E-state index contributed by atoms with van der Waals surface area (Å²) in [6.07, 6.45) is 1.93. The van der Waals surface area contributed by atoms with Crippen molar-refractivity contribution in [2.45, 2.75) is 26.3 Å². The Kier molecular flexibility index (Phi) is 2.13. The Labute approximate surface area is 68.5 Å². The molecule has 0 aromatic carbocycles. The normalized spacial score (nSPS) is 14.8. The van der Waals surface area contributed by atoms with Gasteiger partial charge in [-0.25, -0.2) is 4.26 Å². The van der Waals surface area contributed by atoms with Crippen molar-refractivity contribution < 1.29 is 13.3 Å². The van der Waals surface area contributed by atoms with Gasteiger partial charge in [-0.1, -0.05) is 17.7 Å². The molecule has 0 bridgehead atoms. The van der Waals surface area contributed by atoms with Gasteiger partial charge < -0.3 is 0 Å². The predicted molar refractivity (Wildman–Crippen MR) is 42.6 cm³/mol. The van der Waals surface area contributed by atoms with Crippen LogP contribution in [-0.4, -0.2) is 9.55 Å². The maximum Gasteiger partial charge on any atom is 0.679 e. The van der Waals surface area contributed by atoms with Crippen LogP contribution < -0.4 is 4.39 Å². The molecule has 62 valence electrons. The van der Waals surface area contributed by atoms with E-state index < -0.39 is 0 Å². The summed E-state index contributed by atoms with van der Waals surface area (Å²) < 4.78 is 11.4. The van der Waals surface area contributed by atoms with Crippen molar-refractivity contribution in [3.05, 3.63) is 12.7 Å². The van der Waals surface area contributed by atoms with E-state index in [0.717, 1.165) is 0 Å². The van der Waals surface area contributed by atoms with E-state index >= 15 is 0 Å². The molecule has 0 aliphatic carbocycles. The molecule has 0 spiro atoms. The zero-order chi connectivity index (χ0) is 8.48. The first-order valence-corrected chi connectivity index (χ1v) is 4.66. The van der Waals surface area contributed by atoms with Crippen molar-refractivity contribution in [2.24, 2.45) is 5.92 Å². The van der Waals surface area contributed by atoms with E-state index in [0.29, 0.717) is 5.92 Å². The summed E-state index contributed by atoms with van der Waals surface area (Å²) in [5.41, 5.74) is 0.00926. The van der Waals surface area contributed by atoms with E-state index in [2.05, 4.69) is 27.4 Å². The van der Waals surface area contributed by atoms with Crippen molar-refractivity contribution in [3.8, 4) is 0 Å². The highest BCUT2D eigenvalue weighted by Crippen LogP contribution is 2.18. The van der Waals surface area contributed by atoms with Gasteiger partial charge in [0.15, 0.2) is 5.54 Å². The van der Waals surface area contributed by atoms with Crippen LogP contribution in [0, 0.1) is 5.92 Å². The lowest BCUT2D eigenvalue weighted by molar-refractivity contribution is -0.934. The number of hydrogen-bond donors (Lipinski definition) is 0. The maximum atomic E-state index is 4.84. The third-order valence-electron chi connectivity index (χ3n) is 2.30. The lowest BCUT2D eigenvalue weighted by atomic mass is 9.90. The Hall–Kier alpha value is -0.643. The van der Waals surface area contributed by atoms with E-state index in [9.17, 15) is 0 Å². The van der Waals surface area contributed by atoms with Gasteiger partial charge in [0.1, 0.15) is 0 Å². The maximum absolute atomic E-state index is 4.84. The first kappa shape index (κ1) is 8.45. The Bertz CT molecular complexity index is 230. The minimum atomic E-state index is -0.126. The van der Waals surface area contributed by atoms with Crippen molar-refractivity contribution in [3.63, 3.8) is 0 Å². The fourth-order valence-corrected chi connectivity index (χ4v) is 1.49. The van der Waals surface area contributed by atoms with Crippen LogP contribution in [0.4, 0.5) is 0 Å². The highest BCUT2D eigenvalue weighted by atomic mass is 28.2. The van der Waals surface area contributed by atoms with Crippen LogP contribution in [0.15, 0.2) is 21.6 Å². The summed E-state index contributed by atoms with van der Waals surface area (Å²) >= 11 is 0. The first-order valence-electron chi connectivity index (χ1n) is 3.67. The van der Waals surface area contributed by atoms with Gasteiger partial charge in [-0.3, -0.25) is 0 Å². The molecule has 1 atom stereocenters. The summed E-state index contributed by atoms with van der Waals surface area (Å²) in [7, 11) is -0.126. The third-order valence-corrected chi connectivity index (χ3v) is 3.41. The summed E-state index contributed by atoms with van der Waals surface area (Å²) in [6.45, 7) is 10.1. The number of nitrogens with zero attached hydrogens (tertiary/aromatic N) is 1. The Morgan fingerprint density at radius 3 is 2.45 bits per heavy atom. The molecule has 1 aromatic heterocycles. The van der Waals surface area contributed by atoms with Crippen molar-refractivity contribution in [1.29, 1.82) is 0 Å². The number of hydrogen-bond acceptors (Lipinski definition) is 2. The summed E-state index contributed by atoms with van der Waals surface area (Å²) in [4.78, 5) is 0. The predicted octanol–water partition coefficient (Wildman–Crippen LogP) is 0.788. The highest BCUT2D eigenvalue weighted by Gasteiger charge is 2.38. The highest BCUT2D eigenvalue weighted by molar-refractivity contribution is 6.02. The minimum absolute atomic E-state index is 0.00926. The molecule has 11 heavy (non-hydrogen) atoms. The number of allylic oxidation sites excluding steroid dienone is 1. The van der Waals surface area contributed by atoms with Crippen LogP contribution >= 0.6 is 0 Å². The van der Waals surface area contributed by atoms with Crippen LogP contribution in [0.3, 0.4) is 0 Å². The Morgan fingerprint density at radius 2 is 2.18 bits per heavy atom. The molecule has 1 rings (SSSR count). The average Bonchev–Trinajstić information content (AvgIpc) is 1.81. The molecule has 4 heteroatoms. The lowest BCUT2D eigenvalue weighted by Gasteiger charge is -2.20. The van der Waals surface area contributed by atoms with Crippen LogP contribution in [0.1, 0.15) is 20.8 Å². The van der Waals surface area contributed by atoms with Gasteiger partial charge in [-0.05, 0) is 4.39 Å². The van der Waals surface area contributed by atoms with Crippen molar-refractivity contribution >= 4 is 9.55 Å². The quantitative estimate of drug-likeness (QED) is 0.383. The zero-order valence-electron chi connectivity index (χ0n) is 7.20. The average molecular weight is 172 g/mol. The van der Waals surface area contributed by atoms with Gasteiger partial charge >= 0.3 is 9.55 Å². The summed E-state index contributed by atoms with van der Waals surface area (Å²) in [5, 5.41) is 0. The van der Waals surface area contributed by atoms with Crippen LogP contribution in [-0.2, 0) is 5.54 Å². The second-order valence-electron chi connectivity index (χ2n) is 3.28. The van der Waals surface area contributed by atoms with Crippen LogP contribution in [0.25, 0.3) is 0 Å². The third kappa shape index (κ3) is 1.35. The molecule has 1 unspecified atom stereocenters. The van der Waals surface area contributed by atoms with E-state index in [4.69, 9.17) is 8.94 Å². The van der Waals surface area contributed by atoms with Crippen LogP contribution in [0.5, 0.6) is 0 Å². The van der Waals surface area contributed by atoms with Crippen LogP contribution in [0.2, 0.25) is 0 Å². The topological polar surface area (TPSA) is 30.2 Å². The van der Waals surface area contributed by atoms with E-state index in [1.807, 2.05) is 10.5 Å². The SMILES string of the molecule is C=CC(C)C(C)(C)[n+]1oo[siH]1. The van der Waals surface area contributed by atoms with E-state index in [1.54, 1.807) is 0 Å². The van der Waals surface area contributed by atoms with Gasteiger partial charge in [0.2, 0.25) is 0 Å². The molecule has 0 aliphatic rings. The standard InChI is InChI=1S/C7H14NO2Si/c1-5-6(2)7(3,4)8-9-10-11-8/h5-6,11H,1H2,2-4H3/q+1. The largest absolute Gasteiger partial charge is 0.679 e. The van der Waals surface area contributed by atoms with E-state index in [-0.39, 0.29) is 15.1 Å². The second-order valence-corrected chi connectivity index (χ2v) is 4.15. The molecule has 1 aromatic rings. The van der Waals surface area contributed by atoms with E-state index in [1.165, 1.54) is 0 Å². The second kappa shape index (κ2) is 2.77. The molecule has 0 amide bonds. The zero-order valence-corrected chi connectivity index (χ0v) is 8.36. The van der Waals surface area contributed by atoms with Gasteiger partial charge in [0, 0.05) is 19.8 Å².